The van der Waals surface area contributed by atoms with E-state index < -0.39 is 23.7 Å². The molecular formula is C31H53N3O7. The van der Waals surface area contributed by atoms with Gasteiger partial charge in [0.15, 0.2) is 11.5 Å². The third kappa shape index (κ3) is 10.7. The Bertz CT molecular complexity index is 915. The minimum atomic E-state index is -0.535. The highest BCUT2D eigenvalue weighted by molar-refractivity contribution is 5.76. The maximum Gasteiger partial charge on any atom is 0.324 e. The van der Waals surface area contributed by atoms with Gasteiger partial charge in [0.05, 0.1) is 7.11 Å². The lowest BCUT2D eigenvalue weighted by atomic mass is 9.67. The lowest BCUT2D eigenvalue weighted by molar-refractivity contribution is -0.168. The summed E-state index contributed by atoms with van der Waals surface area (Å²) in [5.74, 6) is -0.213. The summed E-state index contributed by atoms with van der Waals surface area (Å²) in [5.41, 5.74) is 0.528. The summed E-state index contributed by atoms with van der Waals surface area (Å²) in [7, 11) is 5.05. The van der Waals surface area contributed by atoms with Gasteiger partial charge < -0.3 is 40.4 Å². The molecule has 0 amide bonds. The van der Waals surface area contributed by atoms with Crippen molar-refractivity contribution in [2.75, 3.05) is 47.4 Å². The Labute approximate surface area is 245 Å². The number of carbonyl (C=O) groups excluding carboxylic acids is 2. The third-order valence-electron chi connectivity index (χ3n) is 8.33. The highest BCUT2D eigenvalue weighted by Gasteiger charge is 2.45. The van der Waals surface area contributed by atoms with Gasteiger partial charge >= 0.3 is 11.9 Å². The van der Waals surface area contributed by atoms with E-state index in [9.17, 15) is 19.8 Å². The second kappa shape index (κ2) is 18.2. The van der Waals surface area contributed by atoms with Crippen LogP contribution in [0.1, 0.15) is 70.8 Å². The van der Waals surface area contributed by atoms with Gasteiger partial charge in [-0.1, -0.05) is 25.8 Å². The molecule has 10 nitrogen and oxygen atoms in total. The van der Waals surface area contributed by atoms with Crippen molar-refractivity contribution in [3.8, 4) is 11.5 Å². The highest BCUT2D eigenvalue weighted by Crippen LogP contribution is 2.43. The van der Waals surface area contributed by atoms with E-state index in [2.05, 4.69) is 22.9 Å². The summed E-state index contributed by atoms with van der Waals surface area (Å²) >= 11 is 0. The number of esters is 2. The smallest absolute Gasteiger partial charge is 0.324 e. The minimum absolute atomic E-state index is 0.0390. The van der Waals surface area contributed by atoms with Gasteiger partial charge in [-0.05, 0) is 89.3 Å². The summed E-state index contributed by atoms with van der Waals surface area (Å²) in [6, 6.07) is 4.81. The first-order valence-corrected chi connectivity index (χ1v) is 15.1. The summed E-state index contributed by atoms with van der Waals surface area (Å²) in [6.45, 7) is 5.55. The Morgan fingerprint density at radius 1 is 1.12 bits per heavy atom. The fourth-order valence-electron chi connectivity index (χ4n) is 6.03. The number of ether oxygens (including phenoxy) is 3. The monoisotopic (exact) mass is 579 g/mol. The number of nitrogens with one attached hydrogen (secondary N) is 3. The van der Waals surface area contributed by atoms with Gasteiger partial charge in [0.2, 0.25) is 0 Å². The number of phenolic OH excluding ortho intramolecular Hbond substituents is 1. The van der Waals surface area contributed by atoms with Crippen molar-refractivity contribution in [2.45, 2.75) is 89.9 Å². The maximum atomic E-state index is 13.5. The van der Waals surface area contributed by atoms with Crippen LogP contribution in [-0.2, 0) is 25.5 Å². The van der Waals surface area contributed by atoms with Crippen molar-refractivity contribution in [2.24, 2.45) is 11.3 Å². The molecule has 234 valence electrons. The summed E-state index contributed by atoms with van der Waals surface area (Å²) < 4.78 is 17.8. The highest BCUT2D eigenvalue weighted by atomic mass is 16.6. The molecule has 2 rings (SSSR count). The number of piperidine rings is 1. The molecule has 0 aliphatic carbocycles. The van der Waals surface area contributed by atoms with Crippen LogP contribution in [0.5, 0.6) is 11.5 Å². The van der Waals surface area contributed by atoms with Crippen LogP contribution in [-0.4, -0.2) is 87.8 Å². The van der Waals surface area contributed by atoms with Crippen molar-refractivity contribution in [3.63, 3.8) is 0 Å². The lowest BCUT2D eigenvalue weighted by Crippen LogP contribution is -2.52. The standard InChI is InChI=1S/C31H53N3O7/c1-6-7-9-24(10-8-17-35)27(40-22(2)36)19-29(41-30(38)25(33-4)21-32-3)31(13-15-34-16-14-31)20-23-11-12-26(37)28(18-23)39-5/h11-12,18,24-25,27,29,32-35,37H,6-10,13-17,19-21H2,1-5H3/t24-,25+,27+,29-/m1/s1. The molecule has 1 fully saturated rings. The molecule has 0 saturated carbocycles. The third-order valence-corrected chi connectivity index (χ3v) is 8.33. The lowest BCUT2D eigenvalue weighted by Gasteiger charge is -2.45. The second-order valence-electron chi connectivity index (χ2n) is 11.3. The Kier molecular flexibility index (Phi) is 15.5. The average molecular weight is 580 g/mol. The minimum Gasteiger partial charge on any atom is -0.504 e. The molecule has 0 spiro atoms. The first-order chi connectivity index (χ1) is 19.7. The zero-order valence-corrected chi connectivity index (χ0v) is 25.7. The van der Waals surface area contributed by atoms with Gasteiger partial charge in [0.25, 0.3) is 0 Å². The molecule has 0 radical (unpaired) electrons. The van der Waals surface area contributed by atoms with Crippen molar-refractivity contribution in [1.82, 2.24) is 16.0 Å². The number of phenols is 1. The van der Waals surface area contributed by atoms with Crippen molar-refractivity contribution in [3.05, 3.63) is 23.8 Å². The number of hydrogen-bond donors (Lipinski definition) is 5. The van der Waals surface area contributed by atoms with Crippen LogP contribution >= 0.6 is 0 Å². The molecule has 4 atom stereocenters. The molecular weight excluding hydrogens is 526 g/mol. The van der Waals surface area contributed by atoms with Crippen LogP contribution in [0.3, 0.4) is 0 Å². The first kappa shape index (κ1) is 34.8. The molecule has 1 saturated heterocycles. The SMILES string of the molecule is CCCC[C@H](CCCO)[C@H](C[C@@H](OC(=O)[C@H](CNC)NC)C1(Cc2ccc(O)c(OC)c2)CCNCC1)OC(C)=O. The molecule has 5 N–H and O–H groups in total. The van der Waals surface area contributed by atoms with Crippen LogP contribution in [0, 0.1) is 11.3 Å². The van der Waals surface area contributed by atoms with Crippen molar-refractivity contribution >= 4 is 11.9 Å². The van der Waals surface area contributed by atoms with Crippen LogP contribution in [0.4, 0.5) is 0 Å². The maximum absolute atomic E-state index is 13.5. The quantitative estimate of drug-likeness (QED) is 0.156. The number of unbranched alkanes of at least 4 members (excludes halogenated alkanes) is 1. The zero-order chi connectivity index (χ0) is 30.3. The molecule has 1 aromatic rings. The van der Waals surface area contributed by atoms with Crippen molar-refractivity contribution < 1.29 is 34.0 Å². The van der Waals surface area contributed by atoms with Crippen LogP contribution in [0.2, 0.25) is 0 Å². The Morgan fingerprint density at radius 2 is 1.83 bits per heavy atom. The zero-order valence-electron chi connectivity index (χ0n) is 25.7. The number of methoxy groups -OCH3 is 1. The number of hydrogen-bond acceptors (Lipinski definition) is 10. The molecule has 0 unspecified atom stereocenters. The molecule has 1 aliphatic rings. The number of carbonyl (C=O) groups is 2. The number of aromatic hydroxyl groups is 1. The molecule has 10 heteroatoms. The molecule has 0 aromatic heterocycles. The van der Waals surface area contributed by atoms with E-state index in [0.29, 0.717) is 31.6 Å². The van der Waals surface area contributed by atoms with E-state index in [-0.39, 0.29) is 30.2 Å². The predicted molar refractivity (Wildman–Crippen MR) is 159 cm³/mol. The molecule has 1 heterocycles. The Hall–Kier alpha value is -2.40. The van der Waals surface area contributed by atoms with E-state index in [1.165, 1.54) is 14.0 Å². The van der Waals surface area contributed by atoms with E-state index in [4.69, 9.17) is 14.2 Å². The Balaban J connectivity index is 2.55. The van der Waals surface area contributed by atoms with Gasteiger partial charge in [-0.25, -0.2) is 0 Å². The van der Waals surface area contributed by atoms with Gasteiger partial charge in [-0.15, -0.1) is 0 Å². The topological polar surface area (TPSA) is 138 Å². The molecule has 1 aromatic carbocycles. The molecule has 1 aliphatic heterocycles. The van der Waals surface area contributed by atoms with Gasteiger partial charge in [-0.2, -0.15) is 0 Å². The van der Waals surface area contributed by atoms with Crippen molar-refractivity contribution in [1.29, 1.82) is 0 Å². The van der Waals surface area contributed by atoms with Crippen LogP contribution in [0.15, 0.2) is 18.2 Å². The Morgan fingerprint density at radius 3 is 2.41 bits per heavy atom. The van der Waals surface area contributed by atoms with Gasteiger partial charge in [0, 0.05) is 31.9 Å². The number of aliphatic hydroxyl groups excluding tert-OH is 1. The normalized spacial score (nSPS) is 17.7. The first-order valence-electron chi connectivity index (χ1n) is 15.1. The molecule has 41 heavy (non-hydrogen) atoms. The fraction of sp³-hybridized carbons (Fsp3) is 0.742. The predicted octanol–water partition coefficient (Wildman–Crippen LogP) is 2.93. The number of aliphatic hydroxyl groups is 1. The van der Waals surface area contributed by atoms with E-state index >= 15 is 0 Å². The van der Waals surface area contributed by atoms with Gasteiger partial charge in [-0.3, -0.25) is 9.59 Å². The summed E-state index contributed by atoms with van der Waals surface area (Å²) in [5, 5.41) is 29.3. The van der Waals surface area contributed by atoms with E-state index in [1.54, 1.807) is 20.2 Å². The van der Waals surface area contributed by atoms with Gasteiger partial charge in [0.1, 0.15) is 18.2 Å². The fourth-order valence-corrected chi connectivity index (χ4v) is 6.03. The van der Waals surface area contributed by atoms with E-state index in [0.717, 1.165) is 57.2 Å². The van der Waals surface area contributed by atoms with E-state index in [1.807, 2.05) is 12.1 Å². The largest absolute Gasteiger partial charge is 0.504 e. The average Bonchev–Trinajstić information content (AvgIpc) is 2.96. The number of rotatable bonds is 19. The number of likely N-dealkylation sites (N-methyl/N-ethyl adjacent to an activating group) is 2. The molecule has 0 bridgehead atoms. The summed E-state index contributed by atoms with van der Waals surface area (Å²) in [4.78, 5) is 25.9. The second-order valence-corrected chi connectivity index (χ2v) is 11.3. The number of benzene rings is 1. The summed E-state index contributed by atoms with van der Waals surface area (Å²) in [6.07, 6.45) is 5.67. The van der Waals surface area contributed by atoms with Crippen LogP contribution in [0.25, 0.3) is 0 Å². The van der Waals surface area contributed by atoms with Crippen LogP contribution < -0.4 is 20.7 Å².